The fraction of sp³-hybridized carbons (Fsp3) is 0.611. The van der Waals surface area contributed by atoms with Gasteiger partial charge in [0.15, 0.2) is 0 Å². The number of unbranched alkanes of at least 4 members (excludes halogenated alkanes) is 5. The minimum absolute atomic E-state index is 0.254. The van der Waals surface area contributed by atoms with Gasteiger partial charge in [-0.25, -0.2) is 4.79 Å². The van der Waals surface area contributed by atoms with Gasteiger partial charge < -0.3 is 9.30 Å². The van der Waals surface area contributed by atoms with Crippen molar-refractivity contribution in [1.29, 1.82) is 0 Å². The zero-order chi connectivity index (χ0) is 15.7. The lowest BCUT2D eigenvalue weighted by Crippen LogP contribution is -2.23. The van der Waals surface area contributed by atoms with E-state index in [2.05, 4.69) is 10.5 Å². The van der Waals surface area contributed by atoms with Crippen molar-refractivity contribution >= 4 is 5.97 Å². The van der Waals surface area contributed by atoms with E-state index in [0.29, 0.717) is 5.56 Å². The molecule has 0 N–H and O–H groups in total. The van der Waals surface area contributed by atoms with Gasteiger partial charge in [-0.3, -0.25) is 0 Å². The molecular formula is C18H27NO2. The second-order valence-electron chi connectivity index (χ2n) is 6.36. The van der Waals surface area contributed by atoms with Crippen LogP contribution in [0.5, 0.6) is 0 Å². The first-order valence-electron chi connectivity index (χ1n) is 7.75. The van der Waals surface area contributed by atoms with Gasteiger partial charge in [-0.1, -0.05) is 19.3 Å². The Morgan fingerprint density at radius 2 is 1.90 bits per heavy atom. The molecule has 0 atom stereocenters. The van der Waals surface area contributed by atoms with Gasteiger partial charge in [0.2, 0.25) is 0 Å². The molecule has 3 heteroatoms. The number of aryl methyl sites for hydroxylation is 1. The van der Waals surface area contributed by atoms with E-state index in [9.17, 15) is 4.79 Å². The van der Waals surface area contributed by atoms with Crippen molar-refractivity contribution < 1.29 is 9.53 Å². The van der Waals surface area contributed by atoms with Gasteiger partial charge in [-0.05, 0) is 39.7 Å². The largest absolute Gasteiger partial charge is 0.456 e. The van der Waals surface area contributed by atoms with E-state index in [1.165, 1.54) is 19.3 Å². The maximum atomic E-state index is 11.9. The molecule has 0 spiro atoms. The van der Waals surface area contributed by atoms with E-state index < -0.39 is 5.60 Å². The van der Waals surface area contributed by atoms with E-state index >= 15 is 0 Å². The summed E-state index contributed by atoms with van der Waals surface area (Å²) in [6.07, 6.45) is 15.8. The van der Waals surface area contributed by atoms with Crippen molar-refractivity contribution in [2.75, 3.05) is 0 Å². The molecule has 0 aliphatic rings. The van der Waals surface area contributed by atoms with Gasteiger partial charge in [-0.2, -0.15) is 0 Å². The van der Waals surface area contributed by atoms with Crippen LogP contribution in [0.4, 0.5) is 0 Å². The van der Waals surface area contributed by atoms with Gasteiger partial charge in [0.05, 0.1) is 5.56 Å². The lowest BCUT2D eigenvalue weighted by atomic mass is 10.1. The molecule has 0 bridgehead atoms. The van der Waals surface area contributed by atoms with Crippen LogP contribution in [0.2, 0.25) is 0 Å². The second kappa shape index (κ2) is 8.56. The second-order valence-corrected chi connectivity index (χ2v) is 6.36. The van der Waals surface area contributed by atoms with Crippen LogP contribution in [-0.2, 0) is 11.3 Å². The third kappa shape index (κ3) is 7.60. The molecule has 1 heterocycles. The first kappa shape index (κ1) is 17.4. The third-order valence-corrected chi connectivity index (χ3v) is 3.12. The summed E-state index contributed by atoms with van der Waals surface area (Å²) in [5.74, 6) is 2.41. The van der Waals surface area contributed by atoms with Crippen molar-refractivity contribution in [1.82, 2.24) is 4.57 Å². The minimum atomic E-state index is -0.447. The number of carbonyl (C=O) groups is 1. The maximum absolute atomic E-state index is 11.9. The monoisotopic (exact) mass is 289 g/mol. The molecule has 1 aromatic rings. The average Bonchev–Trinajstić information content (AvgIpc) is 2.84. The molecule has 1 rings (SSSR count). The van der Waals surface area contributed by atoms with E-state index in [1.807, 2.05) is 39.2 Å². The van der Waals surface area contributed by atoms with Crippen LogP contribution in [0.25, 0.3) is 0 Å². The van der Waals surface area contributed by atoms with Gasteiger partial charge in [0.1, 0.15) is 5.60 Å². The zero-order valence-electron chi connectivity index (χ0n) is 13.5. The Bertz CT molecular complexity index is 474. The normalized spacial score (nSPS) is 11.1. The summed E-state index contributed by atoms with van der Waals surface area (Å²) in [6.45, 7) is 6.57. The highest BCUT2D eigenvalue weighted by atomic mass is 16.6. The number of ether oxygens (including phenoxy) is 1. The number of hydrogen-bond donors (Lipinski definition) is 0. The molecule has 0 aromatic carbocycles. The summed E-state index contributed by atoms with van der Waals surface area (Å²) < 4.78 is 7.41. The van der Waals surface area contributed by atoms with E-state index in [4.69, 9.17) is 11.2 Å². The summed E-state index contributed by atoms with van der Waals surface area (Å²) in [5, 5.41) is 0. The predicted octanol–water partition coefficient (Wildman–Crippen LogP) is 4.42. The molecule has 0 aliphatic heterocycles. The zero-order valence-corrected chi connectivity index (χ0v) is 13.5. The molecule has 0 radical (unpaired) electrons. The van der Waals surface area contributed by atoms with Crippen molar-refractivity contribution in [2.24, 2.45) is 0 Å². The Labute approximate surface area is 128 Å². The number of carbonyl (C=O) groups excluding carboxylic acids is 1. The Hall–Kier alpha value is -1.69. The van der Waals surface area contributed by atoms with Crippen molar-refractivity contribution in [2.45, 2.75) is 71.4 Å². The lowest BCUT2D eigenvalue weighted by Gasteiger charge is -2.18. The van der Waals surface area contributed by atoms with Crippen LogP contribution in [-0.4, -0.2) is 16.1 Å². The fourth-order valence-corrected chi connectivity index (χ4v) is 2.09. The molecule has 0 amide bonds. The van der Waals surface area contributed by atoms with Gasteiger partial charge in [-0.15, -0.1) is 12.3 Å². The fourth-order valence-electron chi connectivity index (χ4n) is 2.09. The smallest absolute Gasteiger partial charge is 0.340 e. The number of nitrogens with zero attached hydrogens (tertiary/aromatic N) is 1. The van der Waals surface area contributed by atoms with Crippen molar-refractivity contribution in [3.63, 3.8) is 0 Å². The van der Waals surface area contributed by atoms with Crippen molar-refractivity contribution in [3.05, 3.63) is 24.0 Å². The molecular weight excluding hydrogens is 262 g/mol. The molecule has 1 aromatic heterocycles. The number of rotatable bonds is 8. The van der Waals surface area contributed by atoms with Gasteiger partial charge in [0, 0.05) is 25.4 Å². The molecule has 0 fully saturated rings. The Morgan fingerprint density at radius 3 is 2.57 bits per heavy atom. The number of aromatic nitrogens is 1. The summed E-state index contributed by atoms with van der Waals surface area (Å²) in [5.41, 5.74) is 0.177. The van der Waals surface area contributed by atoms with Crippen LogP contribution in [0.3, 0.4) is 0 Å². The molecule has 21 heavy (non-hydrogen) atoms. The highest BCUT2D eigenvalue weighted by Crippen LogP contribution is 2.13. The SMILES string of the molecule is C#CCCCCCCCn1ccc(C(=O)OC(C)(C)C)c1. The summed E-state index contributed by atoms with van der Waals surface area (Å²) in [7, 11) is 0. The standard InChI is InChI=1S/C18H27NO2/c1-5-6-7-8-9-10-11-13-19-14-12-16(15-19)17(20)21-18(2,3)4/h1,12,14-15H,6-11,13H2,2-4H3. The van der Waals surface area contributed by atoms with Crippen LogP contribution < -0.4 is 0 Å². The predicted molar refractivity (Wildman–Crippen MR) is 86.1 cm³/mol. The lowest BCUT2D eigenvalue weighted by molar-refractivity contribution is 0.00695. The van der Waals surface area contributed by atoms with Crippen LogP contribution in [0.1, 0.15) is 69.7 Å². The topological polar surface area (TPSA) is 31.2 Å². The van der Waals surface area contributed by atoms with Gasteiger partial charge >= 0.3 is 5.97 Å². The summed E-state index contributed by atoms with van der Waals surface area (Å²) >= 11 is 0. The average molecular weight is 289 g/mol. The quantitative estimate of drug-likeness (QED) is 0.403. The molecule has 3 nitrogen and oxygen atoms in total. The van der Waals surface area contributed by atoms with Crippen LogP contribution >= 0.6 is 0 Å². The third-order valence-electron chi connectivity index (χ3n) is 3.12. The number of esters is 1. The summed E-state index contributed by atoms with van der Waals surface area (Å²) in [4.78, 5) is 11.9. The van der Waals surface area contributed by atoms with E-state index in [0.717, 1.165) is 25.8 Å². The highest BCUT2D eigenvalue weighted by Gasteiger charge is 2.18. The highest BCUT2D eigenvalue weighted by molar-refractivity contribution is 5.89. The molecule has 0 aliphatic carbocycles. The van der Waals surface area contributed by atoms with E-state index in [-0.39, 0.29) is 5.97 Å². The number of hydrogen-bond acceptors (Lipinski definition) is 2. The van der Waals surface area contributed by atoms with Crippen LogP contribution in [0.15, 0.2) is 18.5 Å². The summed E-state index contributed by atoms with van der Waals surface area (Å²) in [6, 6.07) is 1.82. The van der Waals surface area contributed by atoms with Gasteiger partial charge in [0.25, 0.3) is 0 Å². The number of terminal acetylenes is 1. The Balaban J connectivity index is 2.26. The molecule has 0 unspecified atom stereocenters. The molecule has 116 valence electrons. The first-order valence-corrected chi connectivity index (χ1v) is 7.75. The van der Waals surface area contributed by atoms with E-state index in [1.54, 1.807) is 0 Å². The van der Waals surface area contributed by atoms with Crippen LogP contribution in [0, 0.1) is 12.3 Å². The van der Waals surface area contributed by atoms with Crippen molar-refractivity contribution in [3.8, 4) is 12.3 Å². The first-order chi connectivity index (χ1) is 9.92. The molecule has 0 saturated heterocycles. The maximum Gasteiger partial charge on any atom is 0.340 e. The Morgan fingerprint density at radius 1 is 1.24 bits per heavy atom. The molecule has 0 saturated carbocycles. The minimum Gasteiger partial charge on any atom is -0.456 e. The Kier molecular flexibility index (Phi) is 7.08.